The molecule has 1 aromatic heterocycles. The van der Waals surface area contributed by atoms with Crippen molar-refractivity contribution in [3.63, 3.8) is 0 Å². The van der Waals surface area contributed by atoms with Crippen LogP contribution < -0.4 is 0 Å². The fraction of sp³-hybridized carbons (Fsp3) is 0.889. The lowest BCUT2D eigenvalue weighted by Crippen LogP contribution is -2.34. The van der Waals surface area contributed by atoms with Gasteiger partial charge in [-0.2, -0.15) is 0 Å². The minimum Gasteiger partial charge on any atom is -0.223 e. The molecular weight excluding hydrogens is 200 g/mol. The third-order valence-electron chi connectivity index (χ3n) is 3.10. The molecule has 1 aromatic rings. The van der Waals surface area contributed by atoms with Gasteiger partial charge >= 0.3 is 0 Å². The summed E-state index contributed by atoms with van der Waals surface area (Å²) < 4.78 is 1.92. The lowest BCUT2D eigenvalue weighted by Gasteiger charge is -2.33. The van der Waals surface area contributed by atoms with Gasteiger partial charge < -0.3 is 0 Å². The van der Waals surface area contributed by atoms with Crippen LogP contribution in [-0.4, -0.2) is 20.2 Å². The largest absolute Gasteiger partial charge is 0.223 e. The van der Waals surface area contributed by atoms with Gasteiger partial charge in [0.2, 0.25) is 0 Å². The van der Waals surface area contributed by atoms with Crippen LogP contribution in [0, 0.1) is 0 Å². The van der Waals surface area contributed by atoms with Crippen LogP contribution in [0.1, 0.15) is 44.9 Å². The van der Waals surface area contributed by atoms with Crippen molar-refractivity contribution in [1.29, 1.82) is 0 Å². The number of nitrogens with zero attached hydrogens (tertiary/aromatic N) is 4. The second-order valence-corrected chi connectivity index (χ2v) is 4.47. The minimum atomic E-state index is 0.0893. The SMILES string of the molecule is CC1(n2nnnc2CCl)CCCCC1. The van der Waals surface area contributed by atoms with Gasteiger partial charge in [-0.15, -0.1) is 16.7 Å². The highest BCUT2D eigenvalue weighted by Gasteiger charge is 2.31. The Balaban J connectivity index is 2.27. The average Bonchev–Trinajstić information content (AvgIpc) is 2.67. The number of aromatic nitrogens is 4. The van der Waals surface area contributed by atoms with E-state index in [2.05, 4.69) is 22.4 Å². The van der Waals surface area contributed by atoms with Crippen molar-refractivity contribution in [1.82, 2.24) is 20.2 Å². The standard InChI is InChI=1S/C9H15ClN4/c1-9(5-3-2-4-6-9)14-8(7-10)11-12-13-14/h2-7H2,1H3. The Morgan fingerprint density at radius 2 is 2.07 bits per heavy atom. The molecule has 0 unspecified atom stereocenters. The second-order valence-electron chi connectivity index (χ2n) is 4.20. The zero-order chi connectivity index (χ0) is 10.0. The molecule has 14 heavy (non-hydrogen) atoms. The fourth-order valence-electron chi connectivity index (χ4n) is 2.23. The van der Waals surface area contributed by atoms with E-state index < -0.39 is 0 Å². The summed E-state index contributed by atoms with van der Waals surface area (Å²) in [6.45, 7) is 2.22. The van der Waals surface area contributed by atoms with Crippen LogP contribution in [0.5, 0.6) is 0 Å². The summed E-state index contributed by atoms with van der Waals surface area (Å²) in [5.41, 5.74) is 0.0893. The lowest BCUT2D eigenvalue weighted by molar-refractivity contribution is 0.190. The molecule has 2 rings (SSSR count). The van der Waals surface area contributed by atoms with E-state index in [4.69, 9.17) is 11.6 Å². The summed E-state index contributed by atoms with van der Waals surface area (Å²) in [6.07, 6.45) is 6.16. The lowest BCUT2D eigenvalue weighted by atomic mass is 9.83. The first kappa shape index (κ1) is 9.90. The zero-order valence-corrected chi connectivity index (χ0v) is 9.17. The Kier molecular flexibility index (Phi) is 2.72. The van der Waals surface area contributed by atoms with Crippen molar-refractivity contribution in [2.24, 2.45) is 0 Å². The summed E-state index contributed by atoms with van der Waals surface area (Å²) in [5, 5.41) is 11.7. The maximum Gasteiger partial charge on any atom is 0.166 e. The summed E-state index contributed by atoms with van der Waals surface area (Å²) >= 11 is 5.79. The highest BCUT2D eigenvalue weighted by Crippen LogP contribution is 2.34. The maximum atomic E-state index is 5.79. The van der Waals surface area contributed by atoms with Gasteiger partial charge in [0, 0.05) is 0 Å². The van der Waals surface area contributed by atoms with Crippen LogP contribution in [0.4, 0.5) is 0 Å². The summed E-state index contributed by atoms with van der Waals surface area (Å²) in [4.78, 5) is 0. The summed E-state index contributed by atoms with van der Waals surface area (Å²) in [6, 6.07) is 0. The van der Waals surface area contributed by atoms with E-state index in [0.717, 1.165) is 18.7 Å². The number of hydrogen-bond donors (Lipinski definition) is 0. The number of rotatable bonds is 2. The molecule has 0 radical (unpaired) electrons. The molecule has 1 aliphatic carbocycles. The van der Waals surface area contributed by atoms with Crippen molar-refractivity contribution in [3.05, 3.63) is 5.82 Å². The molecule has 1 saturated carbocycles. The van der Waals surface area contributed by atoms with Gasteiger partial charge in [0.1, 0.15) is 0 Å². The minimum absolute atomic E-state index is 0.0893. The first-order valence-corrected chi connectivity index (χ1v) is 5.63. The summed E-state index contributed by atoms with van der Waals surface area (Å²) in [7, 11) is 0. The van der Waals surface area contributed by atoms with E-state index in [1.807, 2.05) is 4.68 Å². The van der Waals surface area contributed by atoms with Gasteiger partial charge in [-0.05, 0) is 30.2 Å². The third-order valence-corrected chi connectivity index (χ3v) is 3.33. The first-order chi connectivity index (χ1) is 6.76. The smallest absolute Gasteiger partial charge is 0.166 e. The van der Waals surface area contributed by atoms with E-state index in [1.165, 1.54) is 19.3 Å². The van der Waals surface area contributed by atoms with Crippen molar-refractivity contribution in [3.8, 4) is 0 Å². The Morgan fingerprint density at radius 1 is 1.36 bits per heavy atom. The predicted octanol–water partition coefficient (Wildman–Crippen LogP) is 2.09. The molecule has 1 heterocycles. The van der Waals surface area contributed by atoms with E-state index in [-0.39, 0.29) is 5.54 Å². The zero-order valence-electron chi connectivity index (χ0n) is 8.41. The van der Waals surface area contributed by atoms with Crippen molar-refractivity contribution < 1.29 is 0 Å². The van der Waals surface area contributed by atoms with Gasteiger partial charge in [0.25, 0.3) is 0 Å². The molecule has 78 valence electrons. The highest BCUT2D eigenvalue weighted by atomic mass is 35.5. The molecule has 1 fully saturated rings. The Labute approximate surface area is 88.6 Å². The number of halogens is 1. The highest BCUT2D eigenvalue weighted by molar-refractivity contribution is 6.16. The maximum absolute atomic E-state index is 5.79. The van der Waals surface area contributed by atoms with Gasteiger partial charge in [0.05, 0.1) is 11.4 Å². The fourth-order valence-corrected chi connectivity index (χ4v) is 2.40. The Bertz CT molecular complexity index is 304. The van der Waals surface area contributed by atoms with Crippen LogP contribution in [-0.2, 0) is 11.4 Å². The van der Waals surface area contributed by atoms with Gasteiger partial charge in [-0.3, -0.25) is 0 Å². The van der Waals surface area contributed by atoms with Crippen molar-refractivity contribution in [2.75, 3.05) is 0 Å². The van der Waals surface area contributed by atoms with Gasteiger partial charge in [-0.25, -0.2) is 4.68 Å². The average molecular weight is 215 g/mol. The Hall–Kier alpha value is -0.640. The molecule has 4 nitrogen and oxygen atoms in total. The molecule has 0 aromatic carbocycles. The van der Waals surface area contributed by atoms with Crippen molar-refractivity contribution in [2.45, 2.75) is 50.4 Å². The Morgan fingerprint density at radius 3 is 2.71 bits per heavy atom. The number of alkyl halides is 1. The molecule has 0 saturated heterocycles. The molecule has 0 amide bonds. The first-order valence-electron chi connectivity index (χ1n) is 5.10. The number of hydrogen-bond acceptors (Lipinski definition) is 3. The number of tetrazole rings is 1. The molecule has 0 bridgehead atoms. The molecule has 0 spiro atoms. The van der Waals surface area contributed by atoms with Crippen LogP contribution >= 0.6 is 11.6 Å². The molecule has 5 heteroatoms. The van der Waals surface area contributed by atoms with E-state index in [0.29, 0.717) is 5.88 Å². The van der Waals surface area contributed by atoms with E-state index >= 15 is 0 Å². The van der Waals surface area contributed by atoms with Crippen molar-refractivity contribution >= 4 is 11.6 Å². The third kappa shape index (κ3) is 1.63. The van der Waals surface area contributed by atoms with Crippen LogP contribution in [0.25, 0.3) is 0 Å². The monoisotopic (exact) mass is 214 g/mol. The molecule has 0 aliphatic heterocycles. The van der Waals surface area contributed by atoms with Crippen LogP contribution in [0.15, 0.2) is 0 Å². The van der Waals surface area contributed by atoms with Gasteiger partial charge in [-0.1, -0.05) is 19.3 Å². The van der Waals surface area contributed by atoms with E-state index in [9.17, 15) is 0 Å². The quantitative estimate of drug-likeness (QED) is 0.709. The molecule has 0 N–H and O–H groups in total. The topological polar surface area (TPSA) is 43.6 Å². The van der Waals surface area contributed by atoms with Crippen LogP contribution in [0.3, 0.4) is 0 Å². The normalized spacial score (nSPS) is 21.0. The molecule has 1 aliphatic rings. The predicted molar refractivity (Wildman–Crippen MR) is 54.1 cm³/mol. The molecule has 0 atom stereocenters. The summed E-state index contributed by atoms with van der Waals surface area (Å²) in [5.74, 6) is 1.18. The van der Waals surface area contributed by atoms with E-state index in [1.54, 1.807) is 0 Å². The second kappa shape index (κ2) is 3.85. The van der Waals surface area contributed by atoms with Crippen LogP contribution in [0.2, 0.25) is 0 Å². The van der Waals surface area contributed by atoms with Gasteiger partial charge in [0.15, 0.2) is 5.82 Å². The molecular formula is C9H15ClN4.